The van der Waals surface area contributed by atoms with Crippen molar-refractivity contribution in [3.8, 4) is 11.4 Å². The number of imidazole rings is 1. The van der Waals surface area contributed by atoms with Crippen molar-refractivity contribution in [2.45, 2.75) is 77.3 Å². The van der Waals surface area contributed by atoms with Gasteiger partial charge in [-0.1, -0.05) is 18.2 Å². The molecule has 1 saturated carbocycles. The summed E-state index contributed by atoms with van der Waals surface area (Å²) in [5.74, 6) is 1.52. The Balaban J connectivity index is 1.16. The van der Waals surface area contributed by atoms with Crippen molar-refractivity contribution in [1.29, 1.82) is 0 Å². The third-order valence-electron chi connectivity index (χ3n) is 9.32. The first-order chi connectivity index (χ1) is 19.4. The zero-order valence-electron chi connectivity index (χ0n) is 24.6. The van der Waals surface area contributed by atoms with Crippen molar-refractivity contribution >= 4 is 23.9 Å². The Hall–Kier alpha value is -2.02. The lowest BCUT2D eigenvalue weighted by Crippen LogP contribution is -2.47. The topological polar surface area (TPSA) is 59.8 Å². The number of likely N-dealkylation sites (tertiary alicyclic amines) is 2. The van der Waals surface area contributed by atoms with Crippen LogP contribution in [0.4, 0.5) is 0 Å². The summed E-state index contributed by atoms with van der Waals surface area (Å²) >= 11 is 0. The molecule has 3 aliphatic rings. The third-order valence-corrected chi connectivity index (χ3v) is 11.4. The molecule has 2 saturated heterocycles. The monoisotopic (exact) mass is 564 g/mol. The molecule has 216 valence electrons. The molecular formula is C32H45N4O3P. The van der Waals surface area contributed by atoms with E-state index in [0.717, 1.165) is 29.0 Å². The Labute approximate surface area is 239 Å². The van der Waals surface area contributed by atoms with E-state index in [-0.39, 0.29) is 0 Å². The van der Waals surface area contributed by atoms with Gasteiger partial charge in [-0.2, -0.15) is 0 Å². The van der Waals surface area contributed by atoms with Crippen LogP contribution < -0.4 is 5.30 Å². The molecule has 0 spiro atoms. The molecule has 0 amide bonds. The van der Waals surface area contributed by atoms with Gasteiger partial charge in [0, 0.05) is 24.7 Å². The summed E-state index contributed by atoms with van der Waals surface area (Å²) in [6, 6.07) is 14.1. The van der Waals surface area contributed by atoms with Crippen molar-refractivity contribution in [2.24, 2.45) is 7.05 Å². The van der Waals surface area contributed by atoms with E-state index >= 15 is 0 Å². The molecule has 3 fully saturated rings. The van der Waals surface area contributed by atoms with E-state index in [1.54, 1.807) is 0 Å². The van der Waals surface area contributed by atoms with Gasteiger partial charge in [-0.15, -0.1) is 0 Å². The van der Waals surface area contributed by atoms with Crippen molar-refractivity contribution < 1.29 is 13.6 Å². The number of rotatable bonds is 9. The van der Waals surface area contributed by atoms with Crippen molar-refractivity contribution in [1.82, 2.24) is 19.4 Å². The van der Waals surface area contributed by atoms with Crippen LogP contribution in [0.25, 0.3) is 22.4 Å². The van der Waals surface area contributed by atoms with Gasteiger partial charge in [-0.25, -0.2) is 4.98 Å². The summed E-state index contributed by atoms with van der Waals surface area (Å²) in [6.07, 6.45) is 8.02. The van der Waals surface area contributed by atoms with Gasteiger partial charge >= 0.3 is 7.60 Å². The second-order valence-corrected chi connectivity index (χ2v) is 13.9. The van der Waals surface area contributed by atoms with Crippen LogP contribution in [0.15, 0.2) is 36.4 Å². The van der Waals surface area contributed by atoms with Crippen LogP contribution in [0.2, 0.25) is 0 Å². The number of benzene rings is 2. The SMILES string of the molecule is CCOP(=O)(OCC)c1ccc(-c2nc3c(C)cc(C4CCN(C5CCN(C6CC6)CC5)CC4)cc3n2C)cc1. The second-order valence-electron chi connectivity index (χ2n) is 11.9. The number of hydrogen-bond donors (Lipinski definition) is 0. The lowest BCUT2D eigenvalue weighted by Gasteiger charge is -2.42. The van der Waals surface area contributed by atoms with Crippen LogP contribution in [0.1, 0.15) is 69.4 Å². The average Bonchev–Trinajstić information content (AvgIpc) is 3.77. The fraction of sp³-hybridized carbons (Fsp3) is 0.594. The Morgan fingerprint density at radius 2 is 1.43 bits per heavy atom. The Kier molecular flexibility index (Phi) is 8.22. The molecule has 1 aliphatic carbocycles. The smallest absolute Gasteiger partial charge is 0.327 e. The molecule has 3 heterocycles. The van der Waals surface area contributed by atoms with Crippen molar-refractivity contribution in [3.05, 3.63) is 47.5 Å². The normalized spacial score (nSPS) is 20.5. The maximum Gasteiger partial charge on any atom is 0.361 e. The minimum atomic E-state index is -3.30. The number of hydrogen-bond acceptors (Lipinski definition) is 6. The van der Waals surface area contributed by atoms with Gasteiger partial charge in [0.1, 0.15) is 5.82 Å². The van der Waals surface area contributed by atoms with Crippen molar-refractivity contribution in [3.63, 3.8) is 0 Å². The van der Waals surface area contributed by atoms with Gasteiger partial charge in [0.15, 0.2) is 0 Å². The first kappa shape index (κ1) is 28.1. The predicted octanol–water partition coefficient (Wildman–Crippen LogP) is 6.25. The van der Waals surface area contributed by atoms with E-state index in [4.69, 9.17) is 14.0 Å². The minimum absolute atomic E-state index is 0.337. The zero-order chi connectivity index (χ0) is 27.9. The quantitative estimate of drug-likeness (QED) is 0.287. The highest BCUT2D eigenvalue weighted by molar-refractivity contribution is 7.62. The molecule has 0 N–H and O–H groups in total. The van der Waals surface area contributed by atoms with E-state index < -0.39 is 7.60 Å². The van der Waals surface area contributed by atoms with E-state index in [2.05, 4.69) is 40.5 Å². The highest BCUT2D eigenvalue weighted by atomic mass is 31.2. The molecule has 0 bridgehead atoms. The standard InChI is InChI=1S/C32H45N4O3P/c1-5-38-40(37,39-6-2)29-11-7-25(8-12-29)32-33-31-23(3)21-26(22-30(31)34(32)4)24-13-17-35(18-14-24)28-15-19-36(20-16-28)27-9-10-27/h7-8,11-12,21-22,24,27-28H,5-6,9-10,13-20H2,1-4H3. The first-order valence-corrected chi connectivity index (χ1v) is 16.9. The first-order valence-electron chi connectivity index (χ1n) is 15.4. The molecule has 8 heteroatoms. The van der Waals surface area contributed by atoms with E-state index in [1.807, 2.05) is 38.1 Å². The number of aromatic nitrogens is 2. The molecule has 3 aromatic rings. The predicted molar refractivity (Wildman–Crippen MR) is 163 cm³/mol. The zero-order valence-corrected chi connectivity index (χ0v) is 25.5. The summed E-state index contributed by atoms with van der Waals surface area (Å²) in [7, 11) is -1.20. The van der Waals surface area contributed by atoms with E-state index in [1.165, 1.54) is 81.3 Å². The maximum absolute atomic E-state index is 13.2. The van der Waals surface area contributed by atoms with Gasteiger partial charge in [0.25, 0.3) is 0 Å². The summed E-state index contributed by atoms with van der Waals surface area (Å²) in [5, 5.41) is 0.581. The molecule has 2 aromatic carbocycles. The fourth-order valence-corrected chi connectivity index (χ4v) is 8.52. The molecule has 1 aromatic heterocycles. The molecular weight excluding hydrogens is 519 g/mol. The minimum Gasteiger partial charge on any atom is -0.327 e. The molecule has 0 unspecified atom stereocenters. The molecule has 40 heavy (non-hydrogen) atoms. The van der Waals surface area contributed by atoms with Crippen LogP contribution in [-0.2, 0) is 20.7 Å². The number of piperidine rings is 2. The summed E-state index contributed by atoms with van der Waals surface area (Å²) in [6.45, 7) is 11.6. The lowest BCUT2D eigenvalue weighted by atomic mass is 9.87. The highest BCUT2D eigenvalue weighted by Gasteiger charge is 2.34. The Morgan fingerprint density at radius 1 is 0.850 bits per heavy atom. The van der Waals surface area contributed by atoms with E-state index in [0.29, 0.717) is 24.4 Å². The largest absolute Gasteiger partial charge is 0.361 e. The summed E-state index contributed by atoms with van der Waals surface area (Å²) < 4.78 is 26.4. The van der Waals surface area contributed by atoms with Gasteiger partial charge in [0.05, 0.1) is 29.6 Å². The number of fused-ring (bicyclic) bond motifs is 1. The number of nitrogens with zero attached hydrogens (tertiary/aromatic N) is 4. The number of aryl methyl sites for hydroxylation is 2. The Bertz CT molecular complexity index is 1360. The Morgan fingerprint density at radius 3 is 2.00 bits per heavy atom. The van der Waals surface area contributed by atoms with Crippen molar-refractivity contribution in [2.75, 3.05) is 39.4 Å². The molecule has 6 rings (SSSR count). The van der Waals surface area contributed by atoms with Crippen LogP contribution in [0.3, 0.4) is 0 Å². The van der Waals surface area contributed by atoms with Gasteiger partial charge < -0.3 is 23.4 Å². The van der Waals surface area contributed by atoms with Gasteiger partial charge in [-0.3, -0.25) is 4.57 Å². The summed E-state index contributed by atoms with van der Waals surface area (Å²) in [4.78, 5) is 10.6. The molecule has 7 nitrogen and oxygen atoms in total. The molecule has 0 atom stereocenters. The fourth-order valence-electron chi connectivity index (χ4n) is 6.95. The van der Waals surface area contributed by atoms with E-state index in [9.17, 15) is 4.57 Å². The third kappa shape index (κ3) is 5.56. The van der Waals surface area contributed by atoms with Crippen LogP contribution in [0.5, 0.6) is 0 Å². The van der Waals surface area contributed by atoms with Gasteiger partial charge in [0.2, 0.25) is 0 Å². The molecule has 2 aliphatic heterocycles. The maximum atomic E-state index is 13.2. The average molecular weight is 565 g/mol. The van der Waals surface area contributed by atoms with Gasteiger partial charge in [-0.05, 0) is 121 Å². The lowest BCUT2D eigenvalue weighted by molar-refractivity contribution is 0.0844. The molecule has 0 radical (unpaired) electrons. The highest BCUT2D eigenvalue weighted by Crippen LogP contribution is 2.47. The van der Waals surface area contributed by atoms with Crippen LogP contribution in [0, 0.1) is 6.92 Å². The van der Waals surface area contributed by atoms with Crippen LogP contribution >= 0.6 is 7.60 Å². The van der Waals surface area contributed by atoms with Crippen LogP contribution in [-0.4, -0.2) is 70.8 Å². The second kappa shape index (κ2) is 11.7. The summed E-state index contributed by atoms with van der Waals surface area (Å²) in [5.41, 5.74) is 5.91.